The van der Waals surface area contributed by atoms with Gasteiger partial charge in [-0.05, 0) is 44.0 Å². The van der Waals surface area contributed by atoms with Gasteiger partial charge >= 0.3 is 0 Å². The number of amides is 1. The quantitative estimate of drug-likeness (QED) is 0.572. The average Bonchev–Trinajstić information content (AvgIpc) is 2.76. The first kappa shape index (κ1) is 21.3. The van der Waals surface area contributed by atoms with Crippen LogP contribution in [-0.4, -0.2) is 47.7 Å². The number of carbonyl (C=O) groups excluding carboxylic acids is 1. The number of morpholine rings is 1. The summed E-state index contributed by atoms with van der Waals surface area (Å²) in [6, 6.07) is 17.7. The number of hydrogen-bond donors (Lipinski definition) is 0. The zero-order chi connectivity index (χ0) is 22.0. The van der Waals surface area contributed by atoms with Gasteiger partial charge in [-0.25, -0.2) is 4.98 Å². The molecule has 2 heterocycles. The predicted molar refractivity (Wildman–Crippen MR) is 123 cm³/mol. The van der Waals surface area contributed by atoms with Gasteiger partial charge in [0.05, 0.1) is 35.6 Å². The van der Waals surface area contributed by atoms with E-state index in [0.29, 0.717) is 31.2 Å². The highest BCUT2D eigenvalue weighted by atomic mass is 16.5. The first-order valence-electron chi connectivity index (χ1n) is 11.0. The van der Waals surface area contributed by atoms with Crippen molar-refractivity contribution in [2.24, 2.45) is 5.92 Å². The number of hydrogen-bond acceptors (Lipinski definition) is 4. The van der Waals surface area contributed by atoms with Gasteiger partial charge in [0, 0.05) is 24.0 Å². The molecule has 1 saturated heterocycles. The second kappa shape index (κ2) is 9.06. The molecule has 1 fully saturated rings. The summed E-state index contributed by atoms with van der Waals surface area (Å²) in [7, 11) is 0. The van der Waals surface area contributed by atoms with Crippen LogP contribution in [0.25, 0.3) is 22.2 Å². The van der Waals surface area contributed by atoms with Gasteiger partial charge in [-0.15, -0.1) is 0 Å². The highest BCUT2D eigenvalue weighted by Crippen LogP contribution is 2.29. The third kappa shape index (κ3) is 4.88. The van der Waals surface area contributed by atoms with E-state index in [1.54, 1.807) is 0 Å². The Labute approximate surface area is 184 Å². The average molecular weight is 419 g/mol. The number of para-hydroxylation sites is 1. The number of benzene rings is 2. The molecule has 0 saturated carbocycles. The first-order chi connectivity index (χ1) is 14.9. The van der Waals surface area contributed by atoms with Crippen molar-refractivity contribution in [1.29, 1.82) is 0 Å². The van der Waals surface area contributed by atoms with Crippen LogP contribution in [0, 0.1) is 5.92 Å². The fourth-order valence-electron chi connectivity index (χ4n) is 4.02. The van der Waals surface area contributed by atoms with E-state index < -0.39 is 0 Å². The van der Waals surface area contributed by atoms with E-state index in [1.807, 2.05) is 73.3 Å². The summed E-state index contributed by atoms with van der Waals surface area (Å²) in [4.78, 5) is 20.3. The van der Waals surface area contributed by atoms with E-state index in [1.165, 1.54) is 0 Å². The minimum absolute atomic E-state index is 0.0223. The summed E-state index contributed by atoms with van der Waals surface area (Å²) in [5, 5.41) is 0.871. The molecule has 0 unspecified atom stereocenters. The molecule has 0 bridgehead atoms. The Hall–Kier alpha value is -2.92. The second-order valence-electron chi connectivity index (χ2n) is 8.77. The molecule has 1 amide bonds. The Bertz CT molecular complexity index is 1070. The molecule has 5 heteroatoms. The lowest BCUT2D eigenvalue weighted by Crippen LogP contribution is -2.48. The minimum atomic E-state index is 0.0223. The Morgan fingerprint density at radius 2 is 1.84 bits per heavy atom. The van der Waals surface area contributed by atoms with Crippen LogP contribution >= 0.6 is 0 Å². The highest BCUT2D eigenvalue weighted by Gasteiger charge is 2.28. The number of fused-ring (bicyclic) bond motifs is 1. The van der Waals surface area contributed by atoms with Crippen LogP contribution in [-0.2, 0) is 4.74 Å². The Morgan fingerprint density at radius 1 is 1.10 bits per heavy atom. The van der Waals surface area contributed by atoms with Crippen molar-refractivity contribution in [3.63, 3.8) is 0 Å². The minimum Gasteiger partial charge on any atom is -0.493 e. The molecule has 1 aromatic heterocycles. The van der Waals surface area contributed by atoms with Gasteiger partial charge in [0.15, 0.2) is 0 Å². The van der Waals surface area contributed by atoms with Gasteiger partial charge in [-0.3, -0.25) is 4.79 Å². The largest absolute Gasteiger partial charge is 0.493 e. The molecule has 5 nitrogen and oxygen atoms in total. The standard InChI is InChI=1S/C26H30N2O3/c1-17(2)16-30-21-9-7-8-20(12-21)25-13-23(22-10-5-6-11-24(22)27-25)26(29)28-14-18(3)31-19(4)15-28/h5-13,17-19H,14-16H2,1-4H3/t18-,19+. The summed E-state index contributed by atoms with van der Waals surface area (Å²) in [6.07, 6.45) is 0.0464. The molecular formula is C26H30N2O3. The molecule has 2 aromatic carbocycles. The van der Waals surface area contributed by atoms with Crippen molar-refractivity contribution < 1.29 is 14.3 Å². The molecule has 2 atom stereocenters. The fourth-order valence-corrected chi connectivity index (χ4v) is 4.02. The van der Waals surface area contributed by atoms with Crippen LogP contribution in [0.2, 0.25) is 0 Å². The van der Waals surface area contributed by atoms with Gasteiger partial charge in [0.2, 0.25) is 0 Å². The molecule has 4 rings (SSSR count). The van der Waals surface area contributed by atoms with Gasteiger partial charge in [-0.1, -0.05) is 44.2 Å². The number of ether oxygens (including phenoxy) is 2. The van der Waals surface area contributed by atoms with Gasteiger partial charge in [0.1, 0.15) is 5.75 Å². The van der Waals surface area contributed by atoms with Crippen molar-refractivity contribution in [3.05, 3.63) is 60.2 Å². The SMILES string of the molecule is CC(C)COc1cccc(-c2cc(C(=O)N3C[C@@H](C)O[C@@H](C)C3)c3ccccc3n2)c1. The zero-order valence-electron chi connectivity index (χ0n) is 18.7. The molecule has 3 aromatic rings. The highest BCUT2D eigenvalue weighted by molar-refractivity contribution is 6.07. The van der Waals surface area contributed by atoms with Crippen LogP contribution in [0.4, 0.5) is 0 Å². The number of carbonyl (C=O) groups is 1. The fraction of sp³-hybridized carbons (Fsp3) is 0.385. The summed E-state index contributed by atoms with van der Waals surface area (Å²) in [6.45, 7) is 10.1. The van der Waals surface area contributed by atoms with Crippen LogP contribution in [0.3, 0.4) is 0 Å². The van der Waals surface area contributed by atoms with Gasteiger partial charge in [-0.2, -0.15) is 0 Å². The van der Waals surface area contributed by atoms with E-state index in [-0.39, 0.29) is 18.1 Å². The lowest BCUT2D eigenvalue weighted by molar-refractivity contribution is -0.0585. The van der Waals surface area contributed by atoms with Crippen molar-refractivity contribution in [1.82, 2.24) is 9.88 Å². The summed E-state index contributed by atoms with van der Waals surface area (Å²) in [5.41, 5.74) is 3.19. The topological polar surface area (TPSA) is 51.7 Å². The van der Waals surface area contributed by atoms with E-state index in [9.17, 15) is 4.79 Å². The molecule has 162 valence electrons. The van der Waals surface area contributed by atoms with E-state index in [2.05, 4.69) is 13.8 Å². The van der Waals surface area contributed by atoms with Gasteiger partial charge < -0.3 is 14.4 Å². The monoisotopic (exact) mass is 418 g/mol. The van der Waals surface area contributed by atoms with Crippen LogP contribution in [0.1, 0.15) is 38.1 Å². The lowest BCUT2D eigenvalue weighted by Gasteiger charge is -2.35. The van der Waals surface area contributed by atoms with E-state index >= 15 is 0 Å². The number of rotatable bonds is 5. The molecule has 0 radical (unpaired) electrons. The normalized spacial score (nSPS) is 19.1. The molecule has 1 aliphatic heterocycles. The van der Waals surface area contributed by atoms with Gasteiger partial charge in [0.25, 0.3) is 5.91 Å². The molecule has 0 aliphatic carbocycles. The predicted octanol–water partition coefficient (Wildman–Crippen LogP) is 5.19. The third-order valence-electron chi connectivity index (χ3n) is 5.37. The number of nitrogens with zero attached hydrogens (tertiary/aromatic N) is 2. The van der Waals surface area contributed by atoms with Crippen molar-refractivity contribution in [3.8, 4) is 17.0 Å². The summed E-state index contributed by atoms with van der Waals surface area (Å²) < 4.78 is 11.7. The molecule has 1 aliphatic rings. The van der Waals surface area contributed by atoms with E-state index in [0.717, 1.165) is 27.9 Å². The molecule has 31 heavy (non-hydrogen) atoms. The third-order valence-corrected chi connectivity index (χ3v) is 5.37. The van der Waals surface area contributed by atoms with Crippen LogP contribution in [0.15, 0.2) is 54.6 Å². The number of pyridine rings is 1. The molecule has 0 spiro atoms. The Morgan fingerprint density at radius 3 is 2.58 bits per heavy atom. The van der Waals surface area contributed by atoms with Crippen molar-refractivity contribution in [2.45, 2.75) is 39.9 Å². The maximum absolute atomic E-state index is 13.6. The van der Waals surface area contributed by atoms with Crippen molar-refractivity contribution in [2.75, 3.05) is 19.7 Å². The van der Waals surface area contributed by atoms with Crippen molar-refractivity contribution >= 4 is 16.8 Å². The maximum atomic E-state index is 13.6. The Kier molecular flexibility index (Phi) is 6.23. The molecular weight excluding hydrogens is 388 g/mol. The summed E-state index contributed by atoms with van der Waals surface area (Å²) in [5.74, 6) is 1.28. The Balaban J connectivity index is 1.74. The first-order valence-corrected chi connectivity index (χ1v) is 11.0. The zero-order valence-corrected chi connectivity index (χ0v) is 18.7. The maximum Gasteiger partial charge on any atom is 0.254 e. The lowest BCUT2D eigenvalue weighted by atomic mass is 10.0. The molecule has 0 N–H and O–H groups in total. The summed E-state index contributed by atoms with van der Waals surface area (Å²) >= 11 is 0. The second-order valence-corrected chi connectivity index (χ2v) is 8.77. The number of aromatic nitrogens is 1. The smallest absolute Gasteiger partial charge is 0.254 e. The van der Waals surface area contributed by atoms with E-state index in [4.69, 9.17) is 14.5 Å². The van der Waals surface area contributed by atoms with Crippen LogP contribution in [0.5, 0.6) is 5.75 Å². The van der Waals surface area contributed by atoms with Crippen LogP contribution < -0.4 is 4.74 Å².